The summed E-state index contributed by atoms with van der Waals surface area (Å²) in [5, 5.41) is 0. The molecule has 0 bridgehead atoms. The summed E-state index contributed by atoms with van der Waals surface area (Å²) >= 11 is 0. The van der Waals surface area contributed by atoms with E-state index >= 15 is 0 Å². The van der Waals surface area contributed by atoms with Crippen LogP contribution in [0.25, 0.3) is 0 Å². The highest BCUT2D eigenvalue weighted by Crippen LogP contribution is 2.44. The summed E-state index contributed by atoms with van der Waals surface area (Å²) in [6.45, 7) is 2.34. The van der Waals surface area contributed by atoms with Gasteiger partial charge in [-0.2, -0.15) is 0 Å². The number of hydrogen-bond acceptors (Lipinski definition) is 9. The summed E-state index contributed by atoms with van der Waals surface area (Å²) in [4.78, 5) is 29.5. The summed E-state index contributed by atoms with van der Waals surface area (Å²) in [6, 6.07) is 29.4. The van der Waals surface area contributed by atoms with Crippen molar-refractivity contribution in [3.8, 4) is 17.2 Å². The minimum Gasteiger partial charge on any atom is -0.499 e. The first kappa shape index (κ1) is 34.7. The van der Waals surface area contributed by atoms with Gasteiger partial charge in [-0.15, -0.1) is 0 Å². The van der Waals surface area contributed by atoms with E-state index in [-0.39, 0.29) is 19.8 Å². The number of nitrogens with zero attached hydrogens (tertiary/aromatic N) is 1. The first-order valence-corrected chi connectivity index (χ1v) is 16.3. The van der Waals surface area contributed by atoms with Gasteiger partial charge in [-0.05, 0) is 78.2 Å². The van der Waals surface area contributed by atoms with Crippen LogP contribution in [0.15, 0.2) is 109 Å². The second kappa shape index (κ2) is 15.2. The minimum atomic E-state index is -1.43. The number of fused-ring (bicyclic) bond motifs is 1. The third-order valence-electron chi connectivity index (χ3n) is 9.26. The average molecular weight is 680 g/mol. The highest BCUT2D eigenvalue weighted by molar-refractivity contribution is 6.22. The van der Waals surface area contributed by atoms with E-state index in [1.54, 1.807) is 58.6 Å². The molecule has 2 amide bonds. The summed E-state index contributed by atoms with van der Waals surface area (Å²) in [5.41, 5.74) is 1.86. The number of ether oxygens (including phenoxy) is 7. The summed E-state index contributed by atoms with van der Waals surface area (Å²) in [5.74, 6) is 1.62. The molecule has 4 atom stereocenters. The first-order valence-electron chi connectivity index (χ1n) is 16.3. The van der Waals surface area contributed by atoms with Crippen molar-refractivity contribution in [1.82, 2.24) is 4.90 Å². The zero-order valence-electron chi connectivity index (χ0n) is 28.8. The average Bonchev–Trinajstić information content (AvgIpc) is 3.42. The molecule has 0 fully saturated rings. The maximum Gasteiger partial charge on any atom is 0.262 e. The molecule has 0 spiro atoms. The Balaban J connectivity index is 1.41. The Morgan fingerprint density at radius 2 is 0.980 bits per heavy atom. The number of methoxy groups -OCH3 is 4. The van der Waals surface area contributed by atoms with Crippen LogP contribution in [0.5, 0.6) is 17.2 Å². The Morgan fingerprint density at radius 1 is 0.560 bits per heavy atom. The van der Waals surface area contributed by atoms with Crippen LogP contribution in [0.3, 0.4) is 0 Å². The highest BCUT2D eigenvalue weighted by atomic mass is 16.6. The number of carbonyl (C=O) groups excluding carboxylic acids is 2. The fourth-order valence-electron chi connectivity index (χ4n) is 6.49. The van der Waals surface area contributed by atoms with Gasteiger partial charge in [0.05, 0.1) is 59.4 Å². The molecule has 0 saturated carbocycles. The smallest absolute Gasteiger partial charge is 0.262 e. The molecule has 1 aliphatic heterocycles. The molecule has 1 heterocycles. The van der Waals surface area contributed by atoms with Gasteiger partial charge in [0.25, 0.3) is 11.8 Å². The Bertz CT molecular complexity index is 1790. The van der Waals surface area contributed by atoms with Crippen molar-refractivity contribution in [3.05, 3.63) is 137 Å². The standard InChI is InChI=1S/C40H41NO9/c1-40(41-38(42)32-8-6-7-9-33(32)39(41)43)35(47-5)22-34(48-23-26-10-16-29(44-2)17-11-26)36(49-24-27-12-18-30(45-3)19-13-27)37(40)50-25-28-14-20-31(46-4)21-15-28/h6-22,34,36-37H,23-25H2,1-5H3/t34-,36+,37-,40+/m0/s1. The molecule has 10 nitrogen and oxygen atoms in total. The van der Waals surface area contributed by atoms with Gasteiger partial charge in [0.2, 0.25) is 0 Å². The molecule has 0 saturated heterocycles. The van der Waals surface area contributed by atoms with Crippen molar-refractivity contribution in [3.63, 3.8) is 0 Å². The highest BCUT2D eigenvalue weighted by Gasteiger charge is 2.60. The zero-order valence-corrected chi connectivity index (χ0v) is 28.8. The minimum absolute atomic E-state index is 0.137. The van der Waals surface area contributed by atoms with Crippen LogP contribution >= 0.6 is 0 Å². The van der Waals surface area contributed by atoms with Crippen LogP contribution in [0.1, 0.15) is 44.3 Å². The number of rotatable bonds is 14. The molecule has 260 valence electrons. The van der Waals surface area contributed by atoms with E-state index in [4.69, 9.17) is 33.2 Å². The number of imide groups is 1. The van der Waals surface area contributed by atoms with Crippen molar-refractivity contribution < 1.29 is 42.7 Å². The van der Waals surface area contributed by atoms with E-state index in [0.29, 0.717) is 22.6 Å². The lowest BCUT2D eigenvalue weighted by atomic mass is 9.79. The molecule has 50 heavy (non-hydrogen) atoms. The van der Waals surface area contributed by atoms with Crippen LogP contribution in [-0.4, -0.2) is 69.0 Å². The van der Waals surface area contributed by atoms with Gasteiger partial charge in [-0.25, -0.2) is 0 Å². The van der Waals surface area contributed by atoms with Crippen LogP contribution in [0.4, 0.5) is 0 Å². The fraction of sp³-hybridized carbons (Fsp3) is 0.300. The van der Waals surface area contributed by atoms with Gasteiger partial charge in [0.15, 0.2) is 0 Å². The Hall–Kier alpha value is -5.16. The first-order chi connectivity index (χ1) is 24.3. The second-order valence-corrected chi connectivity index (χ2v) is 12.2. The van der Waals surface area contributed by atoms with Crippen LogP contribution in [-0.2, 0) is 38.8 Å². The molecular formula is C40H41NO9. The van der Waals surface area contributed by atoms with Gasteiger partial charge in [0, 0.05) is 0 Å². The SMILES string of the molecule is COC1=C[C@H](OCc2ccc(OC)cc2)[C@@H](OCc2ccc(OC)cc2)[C@H](OCc2ccc(OC)cc2)[C@]1(C)N1C(=O)c2ccccc2C1=O. The van der Waals surface area contributed by atoms with Crippen molar-refractivity contribution in [1.29, 1.82) is 0 Å². The lowest BCUT2D eigenvalue weighted by Gasteiger charge is -2.50. The predicted molar refractivity (Wildman–Crippen MR) is 185 cm³/mol. The largest absolute Gasteiger partial charge is 0.499 e. The monoisotopic (exact) mass is 679 g/mol. The van der Waals surface area contributed by atoms with Gasteiger partial charge in [-0.1, -0.05) is 48.5 Å². The van der Waals surface area contributed by atoms with Crippen LogP contribution in [0.2, 0.25) is 0 Å². The molecule has 1 aliphatic carbocycles. The lowest BCUT2D eigenvalue weighted by Crippen LogP contribution is -2.67. The predicted octanol–water partition coefficient (Wildman–Crippen LogP) is 6.37. The summed E-state index contributed by atoms with van der Waals surface area (Å²) < 4.78 is 42.1. The molecule has 0 unspecified atom stereocenters. The maximum atomic E-state index is 14.1. The Kier molecular flexibility index (Phi) is 10.5. The molecule has 10 heteroatoms. The van der Waals surface area contributed by atoms with E-state index in [0.717, 1.165) is 28.2 Å². The fourth-order valence-corrected chi connectivity index (χ4v) is 6.49. The second-order valence-electron chi connectivity index (χ2n) is 12.2. The van der Waals surface area contributed by atoms with E-state index in [9.17, 15) is 9.59 Å². The Morgan fingerprint density at radius 3 is 1.40 bits per heavy atom. The quantitative estimate of drug-likeness (QED) is 0.141. The number of benzene rings is 4. The maximum absolute atomic E-state index is 14.1. The number of amides is 2. The van der Waals surface area contributed by atoms with Crippen molar-refractivity contribution >= 4 is 11.8 Å². The van der Waals surface area contributed by atoms with Crippen molar-refractivity contribution in [2.75, 3.05) is 28.4 Å². The van der Waals surface area contributed by atoms with Crippen LogP contribution < -0.4 is 14.2 Å². The summed E-state index contributed by atoms with van der Waals surface area (Å²) in [7, 11) is 6.36. The van der Waals surface area contributed by atoms with E-state index in [1.165, 1.54) is 12.0 Å². The van der Waals surface area contributed by atoms with E-state index < -0.39 is 35.7 Å². The van der Waals surface area contributed by atoms with Crippen molar-refractivity contribution in [2.24, 2.45) is 0 Å². The summed E-state index contributed by atoms with van der Waals surface area (Å²) in [6.07, 6.45) is -0.652. The third kappa shape index (κ3) is 6.82. The van der Waals surface area contributed by atoms with Crippen LogP contribution in [0, 0.1) is 0 Å². The molecule has 0 N–H and O–H groups in total. The number of hydrogen-bond donors (Lipinski definition) is 0. The molecule has 6 rings (SSSR count). The molecular weight excluding hydrogens is 638 g/mol. The molecule has 4 aromatic carbocycles. The van der Waals surface area contributed by atoms with Gasteiger partial charge < -0.3 is 33.2 Å². The normalized spacial score (nSPS) is 21.4. The van der Waals surface area contributed by atoms with Gasteiger partial charge in [-0.3, -0.25) is 14.5 Å². The van der Waals surface area contributed by atoms with Crippen molar-refractivity contribution in [2.45, 2.75) is 50.6 Å². The Labute approximate surface area is 292 Å². The van der Waals surface area contributed by atoms with E-state index in [1.807, 2.05) is 72.8 Å². The lowest BCUT2D eigenvalue weighted by molar-refractivity contribution is -0.180. The zero-order chi connectivity index (χ0) is 35.3. The molecule has 2 aliphatic rings. The molecule has 4 aromatic rings. The topological polar surface area (TPSA) is 102 Å². The number of carbonyl (C=O) groups is 2. The molecule has 0 radical (unpaired) electrons. The van der Waals surface area contributed by atoms with Gasteiger partial charge in [0.1, 0.15) is 46.9 Å². The van der Waals surface area contributed by atoms with Gasteiger partial charge >= 0.3 is 0 Å². The van der Waals surface area contributed by atoms with E-state index in [2.05, 4.69) is 0 Å². The molecule has 0 aromatic heterocycles. The third-order valence-corrected chi connectivity index (χ3v) is 9.26.